The van der Waals surface area contributed by atoms with Gasteiger partial charge in [0.2, 0.25) is 0 Å². The third-order valence-corrected chi connectivity index (χ3v) is 3.91. The van der Waals surface area contributed by atoms with E-state index < -0.39 is 24.3 Å². The molecule has 0 unspecified atom stereocenters. The molecule has 2 aromatic heterocycles. The Morgan fingerprint density at radius 1 is 1.17 bits per heavy atom. The van der Waals surface area contributed by atoms with Gasteiger partial charge < -0.3 is 0 Å². The molecule has 1 amide bonds. The Balaban J connectivity index is 1.69. The van der Waals surface area contributed by atoms with Crippen molar-refractivity contribution in [2.24, 2.45) is 0 Å². The van der Waals surface area contributed by atoms with E-state index in [9.17, 15) is 22.4 Å². The second-order valence-electron chi connectivity index (χ2n) is 6.21. The number of nitrogens with one attached hydrogen (secondary N) is 2. The smallest absolute Gasteiger partial charge is 0.282 e. The summed E-state index contributed by atoms with van der Waals surface area (Å²) in [4.78, 5) is 20.0. The fraction of sp³-hybridized carbons (Fsp3) is 0.158. The van der Waals surface area contributed by atoms with Crippen LogP contribution >= 0.6 is 0 Å². The zero-order chi connectivity index (χ0) is 21.7. The van der Waals surface area contributed by atoms with Crippen LogP contribution in [-0.2, 0) is 24.2 Å². The van der Waals surface area contributed by atoms with Gasteiger partial charge in [0.1, 0.15) is 18.8 Å². The Bertz CT molecular complexity index is 1050. The SMILES string of the molecule is C=C(Cn1cnc(-c2cc(CF)cc(C(F)(F)F)c2)n1)C(=O)NNc1ccccn1. The minimum absolute atomic E-state index is 0.0168. The van der Waals surface area contributed by atoms with Gasteiger partial charge in [-0.3, -0.25) is 15.6 Å². The van der Waals surface area contributed by atoms with Crippen molar-refractivity contribution in [1.82, 2.24) is 25.2 Å². The number of rotatable bonds is 7. The minimum atomic E-state index is -4.63. The Morgan fingerprint density at radius 2 is 1.97 bits per heavy atom. The largest absolute Gasteiger partial charge is 0.416 e. The van der Waals surface area contributed by atoms with Crippen molar-refractivity contribution < 1.29 is 22.4 Å². The van der Waals surface area contributed by atoms with E-state index in [-0.39, 0.29) is 29.1 Å². The molecule has 156 valence electrons. The molecule has 0 bridgehead atoms. The van der Waals surface area contributed by atoms with Crippen LogP contribution in [0.1, 0.15) is 11.1 Å². The van der Waals surface area contributed by atoms with E-state index in [1.54, 1.807) is 24.4 Å². The quantitative estimate of drug-likeness (QED) is 0.347. The summed E-state index contributed by atoms with van der Waals surface area (Å²) in [5.74, 6) is -0.137. The molecule has 11 heteroatoms. The third kappa shape index (κ3) is 5.19. The highest BCUT2D eigenvalue weighted by Crippen LogP contribution is 2.33. The van der Waals surface area contributed by atoms with Crippen LogP contribution in [0.15, 0.2) is 61.1 Å². The number of hydrogen-bond donors (Lipinski definition) is 2. The topological polar surface area (TPSA) is 84.7 Å². The number of halogens is 4. The molecule has 7 nitrogen and oxygen atoms in total. The van der Waals surface area contributed by atoms with Gasteiger partial charge in [0.25, 0.3) is 5.91 Å². The number of pyridine rings is 1. The number of carbonyl (C=O) groups excluding carboxylic acids is 1. The van der Waals surface area contributed by atoms with Gasteiger partial charge >= 0.3 is 6.18 Å². The van der Waals surface area contributed by atoms with E-state index in [4.69, 9.17) is 0 Å². The first-order valence-corrected chi connectivity index (χ1v) is 8.58. The lowest BCUT2D eigenvalue weighted by molar-refractivity contribution is -0.137. The first kappa shape index (κ1) is 21.0. The molecule has 0 aliphatic carbocycles. The average Bonchev–Trinajstić information content (AvgIpc) is 3.20. The second-order valence-corrected chi connectivity index (χ2v) is 6.21. The minimum Gasteiger partial charge on any atom is -0.282 e. The van der Waals surface area contributed by atoms with E-state index in [1.807, 2.05) is 0 Å². The maximum atomic E-state index is 13.0. The van der Waals surface area contributed by atoms with Crippen LogP contribution in [0.25, 0.3) is 11.4 Å². The van der Waals surface area contributed by atoms with E-state index in [0.717, 1.165) is 12.1 Å². The predicted molar refractivity (Wildman–Crippen MR) is 100 cm³/mol. The lowest BCUT2D eigenvalue weighted by Crippen LogP contribution is -2.32. The zero-order valence-corrected chi connectivity index (χ0v) is 15.4. The summed E-state index contributed by atoms with van der Waals surface area (Å²) in [5.41, 5.74) is 4.03. The molecule has 0 aliphatic rings. The number of alkyl halides is 4. The Kier molecular flexibility index (Phi) is 6.09. The van der Waals surface area contributed by atoms with Crippen LogP contribution in [0.5, 0.6) is 0 Å². The summed E-state index contributed by atoms with van der Waals surface area (Å²) in [7, 11) is 0. The molecule has 3 rings (SSSR count). The van der Waals surface area contributed by atoms with Gasteiger partial charge in [-0.1, -0.05) is 12.6 Å². The Hall–Kier alpha value is -3.76. The van der Waals surface area contributed by atoms with Gasteiger partial charge in [-0.25, -0.2) is 19.0 Å². The van der Waals surface area contributed by atoms with Gasteiger partial charge in [0, 0.05) is 17.3 Å². The standard InChI is InChI=1S/C19H16F4N6O/c1-12(18(30)27-26-16-4-2-3-5-24-16)10-29-11-25-17(28-29)14-6-13(9-20)7-15(8-14)19(21,22)23/h2-8,11H,1,9-10H2,(H,24,26)(H,27,30). The molecule has 0 saturated heterocycles. The first-order chi connectivity index (χ1) is 14.3. The number of nitrogens with zero attached hydrogens (tertiary/aromatic N) is 4. The van der Waals surface area contributed by atoms with Gasteiger partial charge in [0.15, 0.2) is 5.82 Å². The highest BCUT2D eigenvalue weighted by molar-refractivity contribution is 5.93. The van der Waals surface area contributed by atoms with Crippen LogP contribution in [0.2, 0.25) is 0 Å². The number of anilines is 1. The molecule has 0 fully saturated rings. The average molecular weight is 420 g/mol. The maximum Gasteiger partial charge on any atom is 0.416 e. The molecule has 0 aliphatic heterocycles. The first-order valence-electron chi connectivity index (χ1n) is 8.58. The lowest BCUT2D eigenvalue weighted by Gasteiger charge is -2.10. The van der Waals surface area contributed by atoms with Crippen molar-refractivity contribution >= 4 is 11.7 Å². The van der Waals surface area contributed by atoms with Crippen molar-refractivity contribution in [3.8, 4) is 11.4 Å². The maximum absolute atomic E-state index is 13.0. The van der Waals surface area contributed by atoms with E-state index in [2.05, 4.69) is 32.5 Å². The Morgan fingerprint density at radius 3 is 2.63 bits per heavy atom. The summed E-state index contributed by atoms with van der Waals surface area (Å²) in [5, 5.41) is 4.06. The summed E-state index contributed by atoms with van der Waals surface area (Å²) in [6.07, 6.45) is -1.84. The second kappa shape index (κ2) is 8.72. The van der Waals surface area contributed by atoms with E-state index in [1.165, 1.54) is 17.1 Å². The van der Waals surface area contributed by atoms with Gasteiger partial charge in [-0.05, 0) is 35.9 Å². The highest BCUT2D eigenvalue weighted by atomic mass is 19.4. The van der Waals surface area contributed by atoms with Crippen molar-refractivity contribution in [1.29, 1.82) is 0 Å². The molecule has 0 radical (unpaired) electrons. The van der Waals surface area contributed by atoms with Crippen LogP contribution < -0.4 is 10.9 Å². The third-order valence-electron chi connectivity index (χ3n) is 3.91. The predicted octanol–water partition coefficient (Wildman–Crippen LogP) is 3.53. The van der Waals surface area contributed by atoms with Gasteiger partial charge in [-0.2, -0.15) is 18.3 Å². The summed E-state index contributed by atoms with van der Waals surface area (Å²) in [6, 6.07) is 7.92. The number of amides is 1. The zero-order valence-electron chi connectivity index (χ0n) is 15.4. The van der Waals surface area contributed by atoms with Crippen LogP contribution in [0, 0.1) is 0 Å². The van der Waals surface area contributed by atoms with Crippen molar-refractivity contribution in [3.05, 3.63) is 72.2 Å². The monoisotopic (exact) mass is 420 g/mol. The number of hydrogen-bond acceptors (Lipinski definition) is 5. The molecule has 30 heavy (non-hydrogen) atoms. The van der Waals surface area contributed by atoms with Crippen LogP contribution in [0.4, 0.5) is 23.4 Å². The van der Waals surface area contributed by atoms with E-state index in [0.29, 0.717) is 5.82 Å². The van der Waals surface area contributed by atoms with Gasteiger partial charge in [0.05, 0.1) is 12.1 Å². The highest BCUT2D eigenvalue weighted by Gasteiger charge is 2.31. The molecule has 0 atom stereocenters. The molecule has 2 heterocycles. The fourth-order valence-corrected chi connectivity index (χ4v) is 2.48. The lowest BCUT2D eigenvalue weighted by atomic mass is 10.1. The summed E-state index contributed by atoms with van der Waals surface area (Å²) < 4.78 is 53.3. The number of carbonyl (C=O) groups is 1. The van der Waals surface area contributed by atoms with Crippen molar-refractivity contribution in [3.63, 3.8) is 0 Å². The van der Waals surface area contributed by atoms with Crippen molar-refractivity contribution in [2.75, 3.05) is 5.43 Å². The van der Waals surface area contributed by atoms with Gasteiger partial charge in [-0.15, -0.1) is 0 Å². The number of hydrazine groups is 1. The molecule has 3 aromatic rings. The number of benzene rings is 1. The van der Waals surface area contributed by atoms with Crippen molar-refractivity contribution in [2.45, 2.75) is 19.4 Å². The molecule has 1 aromatic carbocycles. The Labute approximate surface area is 168 Å². The molecule has 0 spiro atoms. The number of aromatic nitrogens is 4. The van der Waals surface area contributed by atoms with Crippen LogP contribution in [0.3, 0.4) is 0 Å². The fourth-order valence-electron chi connectivity index (χ4n) is 2.48. The molecular weight excluding hydrogens is 404 g/mol. The molecule has 2 N–H and O–H groups in total. The van der Waals surface area contributed by atoms with Crippen LogP contribution in [-0.4, -0.2) is 25.7 Å². The molecule has 0 saturated carbocycles. The summed E-state index contributed by atoms with van der Waals surface area (Å²) >= 11 is 0. The summed E-state index contributed by atoms with van der Waals surface area (Å²) in [6.45, 7) is 2.54. The van der Waals surface area contributed by atoms with E-state index >= 15 is 0 Å². The molecular formula is C19H16F4N6O. The normalized spacial score (nSPS) is 11.2.